The highest BCUT2D eigenvalue weighted by molar-refractivity contribution is 8.04. The first-order valence-electron chi connectivity index (χ1n) is 7.48. The summed E-state index contributed by atoms with van der Waals surface area (Å²) in [7, 11) is 0. The zero-order valence-electron chi connectivity index (χ0n) is 12.4. The van der Waals surface area contributed by atoms with E-state index in [1.165, 1.54) is 17.3 Å². The van der Waals surface area contributed by atoms with E-state index in [-0.39, 0.29) is 0 Å². The molecule has 1 saturated heterocycles. The molecule has 0 spiro atoms. The Labute approximate surface area is 134 Å². The van der Waals surface area contributed by atoms with E-state index in [0.717, 1.165) is 29.4 Å². The molecule has 4 rings (SSSR count). The van der Waals surface area contributed by atoms with Gasteiger partial charge in [-0.05, 0) is 36.4 Å². The average Bonchev–Trinajstić information content (AvgIpc) is 2.99. The normalized spacial score (nSPS) is 24.1. The summed E-state index contributed by atoms with van der Waals surface area (Å²) in [6, 6.07) is 20.5. The van der Waals surface area contributed by atoms with E-state index in [1.54, 1.807) is 0 Å². The van der Waals surface area contributed by atoms with Crippen molar-refractivity contribution in [3.05, 3.63) is 71.1 Å². The SMILES string of the molecule is CC1=C(c2ccccc2)N2CCN(c3ccccc3)C2(O)S1. The molecule has 0 aromatic heterocycles. The van der Waals surface area contributed by atoms with Gasteiger partial charge in [0.2, 0.25) is 0 Å². The number of nitrogens with zero attached hydrogens (tertiary/aromatic N) is 2. The van der Waals surface area contributed by atoms with Gasteiger partial charge >= 0.3 is 0 Å². The Balaban J connectivity index is 1.73. The molecular formula is C18H18N2OS. The van der Waals surface area contributed by atoms with Gasteiger partial charge in [-0.3, -0.25) is 0 Å². The number of aliphatic hydroxyl groups is 1. The molecule has 1 N–H and O–H groups in total. The molecule has 2 aliphatic heterocycles. The third kappa shape index (κ3) is 1.95. The Hall–Kier alpha value is -1.91. The Morgan fingerprint density at radius 2 is 1.50 bits per heavy atom. The predicted octanol–water partition coefficient (Wildman–Crippen LogP) is 3.55. The molecule has 0 aliphatic carbocycles. The van der Waals surface area contributed by atoms with E-state index < -0.39 is 5.18 Å². The quantitative estimate of drug-likeness (QED) is 0.918. The zero-order chi connectivity index (χ0) is 15.2. The van der Waals surface area contributed by atoms with Gasteiger partial charge in [-0.1, -0.05) is 48.5 Å². The van der Waals surface area contributed by atoms with Crippen LogP contribution in [0.5, 0.6) is 0 Å². The summed E-state index contributed by atoms with van der Waals surface area (Å²) in [4.78, 5) is 5.36. The van der Waals surface area contributed by atoms with Crippen LogP contribution >= 0.6 is 11.8 Å². The molecule has 2 aromatic carbocycles. The highest BCUT2D eigenvalue weighted by Gasteiger charge is 2.52. The van der Waals surface area contributed by atoms with Gasteiger partial charge < -0.3 is 14.9 Å². The van der Waals surface area contributed by atoms with Gasteiger partial charge in [0.25, 0.3) is 5.18 Å². The van der Waals surface area contributed by atoms with Crippen LogP contribution in [-0.4, -0.2) is 28.3 Å². The van der Waals surface area contributed by atoms with Crippen molar-refractivity contribution >= 4 is 23.1 Å². The summed E-state index contributed by atoms with van der Waals surface area (Å²) in [5.74, 6) is 0. The number of hydrogen-bond acceptors (Lipinski definition) is 4. The highest BCUT2D eigenvalue weighted by atomic mass is 32.2. The standard InChI is InChI=1S/C18H18N2OS/c1-14-17(15-8-4-2-5-9-15)20-13-12-19(18(20,21)22-14)16-10-6-3-7-11-16/h2-11,21H,12-13H2,1H3. The lowest BCUT2D eigenvalue weighted by atomic mass is 10.1. The summed E-state index contributed by atoms with van der Waals surface area (Å²) < 4.78 is 0. The highest BCUT2D eigenvalue weighted by Crippen LogP contribution is 2.53. The Morgan fingerprint density at radius 1 is 0.909 bits per heavy atom. The molecule has 1 fully saturated rings. The van der Waals surface area contributed by atoms with Crippen molar-refractivity contribution < 1.29 is 5.11 Å². The monoisotopic (exact) mass is 310 g/mol. The van der Waals surface area contributed by atoms with Crippen molar-refractivity contribution in [2.45, 2.75) is 12.1 Å². The van der Waals surface area contributed by atoms with Gasteiger partial charge in [-0.2, -0.15) is 0 Å². The van der Waals surface area contributed by atoms with Gasteiger partial charge in [-0.15, -0.1) is 0 Å². The lowest BCUT2D eigenvalue weighted by Crippen LogP contribution is -2.47. The minimum absolute atomic E-state index is 0.817. The third-order valence-electron chi connectivity index (χ3n) is 4.26. The number of rotatable bonds is 2. The Morgan fingerprint density at radius 3 is 2.18 bits per heavy atom. The molecule has 0 radical (unpaired) electrons. The Kier molecular flexibility index (Phi) is 3.17. The van der Waals surface area contributed by atoms with E-state index in [1.807, 2.05) is 36.4 Å². The maximum absolute atomic E-state index is 11.3. The fourth-order valence-electron chi connectivity index (χ4n) is 3.31. The fourth-order valence-corrected chi connectivity index (χ4v) is 4.64. The van der Waals surface area contributed by atoms with Crippen LogP contribution in [0.2, 0.25) is 0 Å². The smallest absolute Gasteiger partial charge is 0.275 e. The first-order chi connectivity index (χ1) is 10.7. The number of para-hydroxylation sites is 1. The van der Waals surface area contributed by atoms with Crippen molar-refractivity contribution in [3.8, 4) is 0 Å². The molecule has 2 heterocycles. The number of hydrogen-bond donors (Lipinski definition) is 1. The first kappa shape index (κ1) is 13.7. The molecule has 0 bridgehead atoms. The van der Waals surface area contributed by atoms with Gasteiger partial charge in [0.15, 0.2) is 0 Å². The number of fused-ring (bicyclic) bond motifs is 1. The molecule has 2 aromatic rings. The van der Waals surface area contributed by atoms with E-state index in [2.05, 4.69) is 41.0 Å². The molecule has 112 valence electrons. The lowest BCUT2D eigenvalue weighted by Gasteiger charge is -2.36. The largest absolute Gasteiger partial charge is 0.345 e. The molecule has 22 heavy (non-hydrogen) atoms. The van der Waals surface area contributed by atoms with Gasteiger partial charge in [0, 0.05) is 23.7 Å². The van der Waals surface area contributed by atoms with E-state index in [0.29, 0.717) is 0 Å². The average molecular weight is 310 g/mol. The summed E-state index contributed by atoms with van der Waals surface area (Å²) in [6.07, 6.45) is 0. The minimum atomic E-state index is -1.02. The van der Waals surface area contributed by atoms with Crippen LogP contribution in [0.25, 0.3) is 5.70 Å². The van der Waals surface area contributed by atoms with Crippen LogP contribution in [0.1, 0.15) is 12.5 Å². The van der Waals surface area contributed by atoms with Crippen LogP contribution in [0.15, 0.2) is 65.6 Å². The topological polar surface area (TPSA) is 26.7 Å². The van der Waals surface area contributed by atoms with Crippen LogP contribution in [0.3, 0.4) is 0 Å². The van der Waals surface area contributed by atoms with Gasteiger partial charge in [0.1, 0.15) is 0 Å². The van der Waals surface area contributed by atoms with Crippen molar-refractivity contribution in [1.82, 2.24) is 4.90 Å². The number of anilines is 1. The minimum Gasteiger partial charge on any atom is -0.345 e. The van der Waals surface area contributed by atoms with Crippen LogP contribution in [0, 0.1) is 0 Å². The Bertz CT molecular complexity index is 716. The molecule has 4 heteroatoms. The van der Waals surface area contributed by atoms with Crippen LogP contribution < -0.4 is 4.90 Å². The second-order valence-corrected chi connectivity index (χ2v) is 6.95. The number of benzene rings is 2. The molecule has 1 unspecified atom stereocenters. The summed E-state index contributed by atoms with van der Waals surface area (Å²) >= 11 is 1.53. The molecular weight excluding hydrogens is 292 g/mol. The summed E-state index contributed by atoms with van der Waals surface area (Å²) in [6.45, 7) is 3.73. The molecule has 1 atom stereocenters. The molecule has 2 aliphatic rings. The third-order valence-corrected chi connectivity index (χ3v) is 5.47. The predicted molar refractivity (Wildman–Crippen MR) is 92.1 cm³/mol. The van der Waals surface area contributed by atoms with E-state index in [9.17, 15) is 5.11 Å². The van der Waals surface area contributed by atoms with Crippen molar-refractivity contribution in [2.75, 3.05) is 18.0 Å². The summed E-state index contributed by atoms with van der Waals surface area (Å²) in [5.41, 5.74) is 3.37. The van der Waals surface area contributed by atoms with Crippen LogP contribution in [0.4, 0.5) is 5.69 Å². The van der Waals surface area contributed by atoms with E-state index >= 15 is 0 Å². The maximum atomic E-state index is 11.3. The number of thioether (sulfide) groups is 1. The second-order valence-electron chi connectivity index (χ2n) is 5.59. The van der Waals surface area contributed by atoms with Gasteiger partial charge in [0.05, 0.1) is 5.70 Å². The van der Waals surface area contributed by atoms with Crippen molar-refractivity contribution in [2.24, 2.45) is 0 Å². The first-order valence-corrected chi connectivity index (χ1v) is 8.30. The van der Waals surface area contributed by atoms with Gasteiger partial charge in [-0.25, -0.2) is 0 Å². The summed E-state index contributed by atoms with van der Waals surface area (Å²) in [5, 5.41) is 10.3. The lowest BCUT2D eigenvalue weighted by molar-refractivity contribution is 0.0488. The maximum Gasteiger partial charge on any atom is 0.275 e. The molecule has 3 nitrogen and oxygen atoms in total. The number of allylic oxidation sites excluding steroid dienone is 1. The molecule has 0 amide bonds. The molecule has 0 saturated carbocycles. The fraction of sp³-hybridized carbons (Fsp3) is 0.222. The van der Waals surface area contributed by atoms with E-state index in [4.69, 9.17) is 0 Å². The van der Waals surface area contributed by atoms with Crippen molar-refractivity contribution in [3.63, 3.8) is 0 Å². The van der Waals surface area contributed by atoms with Crippen LogP contribution in [-0.2, 0) is 0 Å². The zero-order valence-corrected chi connectivity index (χ0v) is 13.3. The van der Waals surface area contributed by atoms with Crippen molar-refractivity contribution in [1.29, 1.82) is 0 Å². The second kappa shape index (κ2) is 5.07.